The fourth-order valence-electron chi connectivity index (χ4n) is 2.21. The molecule has 0 aliphatic carbocycles. The molecule has 0 atom stereocenters. The number of rotatable bonds is 3. The Labute approximate surface area is 111 Å². The highest BCUT2D eigenvalue weighted by Crippen LogP contribution is 2.36. The van der Waals surface area contributed by atoms with Crippen LogP contribution in [0.2, 0.25) is 0 Å². The van der Waals surface area contributed by atoms with E-state index in [0.717, 1.165) is 33.7 Å². The van der Waals surface area contributed by atoms with Crippen LogP contribution in [0.25, 0.3) is 11.3 Å². The lowest BCUT2D eigenvalue weighted by atomic mass is 9.97. The van der Waals surface area contributed by atoms with Crippen LogP contribution in [0.1, 0.15) is 27.3 Å². The van der Waals surface area contributed by atoms with Gasteiger partial charge in [0.25, 0.3) is 5.91 Å². The van der Waals surface area contributed by atoms with Crippen molar-refractivity contribution in [3.05, 3.63) is 34.8 Å². The Balaban J connectivity index is 2.66. The van der Waals surface area contributed by atoms with Gasteiger partial charge in [-0.1, -0.05) is 6.07 Å². The van der Waals surface area contributed by atoms with Crippen LogP contribution >= 0.6 is 0 Å². The fraction of sp³-hybridized carbons (Fsp3) is 0.286. The van der Waals surface area contributed by atoms with Crippen LogP contribution in [0.15, 0.2) is 12.3 Å². The fourth-order valence-corrected chi connectivity index (χ4v) is 2.21. The van der Waals surface area contributed by atoms with Crippen LogP contribution in [0.3, 0.4) is 0 Å². The van der Waals surface area contributed by atoms with Crippen molar-refractivity contribution < 1.29 is 9.53 Å². The zero-order valence-electron chi connectivity index (χ0n) is 11.5. The summed E-state index contributed by atoms with van der Waals surface area (Å²) in [6, 6.07) is 2.08. The molecule has 2 aromatic rings. The number of nitrogens with one attached hydrogen (secondary N) is 1. The minimum Gasteiger partial charge on any atom is -0.496 e. The monoisotopic (exact) mass is 259 g/mol. The van der Waals surface area contributed by atoms with Gasteiger partial charge in [0.1, 0.15) is 5.75 Å². The number of aryl methyl sites for hydroxylation is 2. The molecule has 1 aromatic carbocycles. The van der Waals surface area contributed by atoms with Gasteiger partial charge >= 0.3 is 0 Å². The van der Waals surface area contributed by atoms with Gasteiger partial charge in [0.15, 0.2) is 5.82 Å². The summed E-state index contributed by atoms with van der Waals surface area (Å²) < 4.78 is 5.50. The predicted molar refractivity (Wildman–Crippen MR) is 73.3 cm³/mol. The number of benzene rings is 1. The van der Waals surface area contributed by atoms with Gasteiger partial charge in [0.2, 0.25) is 0 Å². The molecule has 100 valence electrons. The molecule has 5 heteroatoms. The van der Waals surface area contributed by atoms with Crippen LogP contribution < -0.4 is 10.5 Å². The first-order valence-electron chi connectivity index (χ1n) is 5.95. The molecule has 0 aliphatic heterocycles. The normalized spacial score (nSPS) is 10.5. The number of methoxy groups -OCH3 is 1. The standard InChI is InChI=1S/C14H17N3O2/c1-7-5-8(2)11(12(19-4)9(7)3)10-6-16-14(17-10)13(15)18/h5-6H,1-4H3,(H2,15,18)(H,16,17). The van der Waals surface area contributed by atoms with E-state index < -0.39 is 5.91 Å². The van der Waals surface area contributed by atoms with E-state index in [1.165, 1.54) is 0 Å². The van der Waals surface area contributed by atoms with Gasteiger partial charge in [-0.15, -0.1) is 0 Å². The lowest BCUT2D eigenvalue weighted by molar-refractivity contribution is 0.0991. The third-order valence-corrected chi connectivity index (χ3v) is 3.27. The van der Waals surface area contributed by atoms with Gasteiger partial charge in [-0.05, 0) is 37.5 Å². The van der Waals surface area contributed by atoms with Gasteiger partial charge in [-0.3, -0.25) is 4.79 Å². The maximum Gasteiger partial charge on any atom is 0.284 e. The van der Waals surface area contributed by atoms with Gasteiger partial charge in [-0.2, -0.15) is 0 Å². The van der Waals surface area contributed by atoms with Gasteiger partial charge in [0.05, 0.1) is 19.0 Å². The van der Waals surface area contributed by atoms with Crippen LogP contribution in [0.4, 0.5) is 0 Å². The van der Waals surface area contributed by atoms with Crippen molar-refractivity contribution in [3.63, 3.8) is 0 Å². The highest BCUT2D eigenvalue weighted by atomic mass is 16.5. The van der Waals surface area contributed by atoms with E-state index in [0.29, 0.717) is 0 Å². The minimum atomic E-state index is -0.577. The molecule has 0 aliphatic rings. The maximum atomic E-state index is 11.1. The molecule has 3 N–H and O–H groups in total. The largest absolute Gasteiger partial charge is 0.496 e. The van der Waals surface area contributed by atoms with Crippen LogP contribution in [0, 0.1) is 20.8 Å². The Morgan fingerprint density at radius 3 is 2.53 bits per heavy atom. The van der Waals surface area contributed by atoms with Gasteiger partial charge in [0, 0.05) is 5.56 Å². The molecule has 0 fully saturated rings. The van der Waals surface area contributed by atoms with E-state index >= 15 is 0 Å². The molecule has 2 rings (SSSR count). The van der Waals surface area contributed by atoms with Gasteiger partial charge in [-0.25, -0.2) is 4.98 Å². The molecule has 19 heavy (non-hydrogen) atoms. The van der Waals surface area contributed by atoms with E-state index in [2.05, 4.69) is 16.0 Å². The molecule has 1 heterocycles. The number of ether oxygens (including phenoxy) is 1. The summed E-state index contributed by atoms with van der Waals surface area (Å²) in [7, 11) is 1.63. The quantitative estimate of drug-likeness (QED) is 0.885. The Kier molecular flexibility index (Phi) is 3.29. The number of imidazole rings is 1. The third-order valence-electron chi connectivity index (χ3n) is 3.27. The first-order chi connectivity index (χ1) is 8.95. The summed E-state index contributed by atoms with van der Waals surface area (Å²) in [6.45, 7) is 6.04. The van der Waals surface area contributed by atoms with Crippen LogP contribution in [-0.2, 0) is 0 Å². The second-order valence-electron chi connectivity index (χ2n) is 4.55. The van der Waals surface area contributed by atoms with E-state index in [4.69, 9.17) is 10.5 Å². The van der Waals surface area contributed by atoms with Crippen molar-refractivity contribution in [2.75, 3.05) is 7.11 Å². The first-order valence-corrected chi connectivity index (χ1v) is 5.95. The molecule has 1 aromatic heterocycles. The number of carbonyl (C=O) groups is 1. The molecular weight excluding hydrogens is 242 g/mol. The third kappa shape index (κ3) is 2.19. The number of aromatic amines is 1. The molecule has 5 nitrogen and oxygen atoms in total. The Bertz CT molecular complexity index is 644. The molecule has 0 saturated heterocycles. The Morgan fingerprint density at radius 1 is 1.32 bits per heavy atom. The second kappa shape index (κ2) is 4.76. The summed E-state index contributed by atoms with van der Waals surface area (Å²) in [5, 5.41) is 0. The summed E-state index contributed by atoms with van der Waals surface area (Å²) >= 11 is 0. The number of primary amides is 1. The smallest absolute Gasteiger partial charge is 0.284 e. The number of hydrogen-bond acceptors (Lipinski definition) is 3. The van der Waals surface area contributed by atoms with E-state index in [1.807, 2.05) is 20.8 Å². The lowest BCUT2D eigenvalue weighted by Gasteiger charge is -2.15. The predicted octanol–water partition coefficient (Wildman–Crippen LogP) is 2.11. The summed E-state index contributed by atoms with van der Waals surface area (Å²) in [6.07, 6.45) is 1.60. The van der Waals surface area contributed by atoms with Crippen molar-refractivity contribution in [2.45, 2.75) is 20.8 Å². The second-order valence-corrected chi connectivity index (χ2v) is 4.55. The molecule has 0 radical (unpaired) electrons. The van der Waals surface area contributed by atoms with Crippen molar-refractivity contribution in [3.8, 4) is 17.0 Å². The molecule has 1 amide bonds. The average Bonchev–Trinajstić information content (AvgIpc) is 2.82. The van der Waals surface area contributed by atoms with Crippen molar-refractivity contribution in [1.82, 2.24) is 9.97 Å². The average molecular weight is 259 g/mol. The lowest BCUT2D eigenvalue weighted by Crippen LogP contribution is -2.12. The van der Waals surface area contributed by atoms with Gasteiger partial charge < -0.3 is 15.5 Å². The SMILES string of the molecule is COc1c(C)c(C)cc(C)c1-c1cnc(C(N)=O)[nH]1. The molecule has 0 spiro atoms. The molecule has 0 unspecified atom stereocenters. The number of nitrogens with zero attached hydrogens (tertiary/aromatic N) is 1. The zero-order valence-corrected chi connectivity index (χ0v) is 11.5. The van der Waals surface area contributed by atoms with Crippen molar-refractivity contribution >= 4 is 5.91 Å². The number of amides is 1. The summed E-state index contributed by atoms with van der Waals surface area (Å²) in [5.74, 6) is 0.360. The maximum absolute atomic E-state index is 11.1. The zero-order chi connectivity index (χ0) is 14.2. The van der Waals surface area contributed by atoms with Crippen LogP contribution in [-0.4, -0.2) is 23.0 Å². The summed E-state index contributed by atoms with van der Waals surface area (Å²) in [4.78, 5) is 18.0. The molecule has 0 bridgehead atoms. The Morgan fingerprint density at radius 2 is 2.00 bits per heavy atom. The molecule has 0 saturated carbocycles. The van der Waals surface area contributed by atoms with E-state index in [-0.39, 0.29) is 5.82 Å². The number of hydrogen-bond donors (Lipinski definition) is 2. The van der Waals surface area contributed by atoms with E-state index in [1.54, 1.807) is 13.3 Å². The number of carbonyl (C=O) groups excluding carboxylic acids is 1. The first kappa shape index (κ1) is 13.1. The minimum absolute atomic E-state index is 0.148. The summed E-state index contributed by atoms with van der Waals surface area (Å²) in [5.41, 5.74) is 10.1. The van der Waals surface area contributed by atoms with E-state index in [9.17, 15) is 4.79 Å². The highest BCUT2D eigenvalue weighted by molar-refractivity contribution is 5.90. The Hall–Kier alpha value is -2.30. The number of nitrogens with two attached hydrogens (primary N) is 1. The van der Waals surface area contributed by atoms with Crippen molar-refractivity contribution in [1.29, 1.82) is 0 Å². The van der Waals surface area contributed by atoms with Crippen LogP contribution in [0.5, 0.6) is 5.75 Å². The van der Waals surface area contributed by atoms with Crippen molar-refractivity contribution in [2.24, 2.45) is 5.73 Å². The number of H-pyrrole nitrogens is 1. The molecular formula is C14H17N3O2. The number of aromatic nitrogens is 2. The highest BCUT2D eigenvalue weighted by Gasteiger charge is 2.17. The topological polar surface area (TPSA) is 81.0 Å².